The number of hydrogen-bond donors (Lipinski definition) is 1. The van der Waals surface area contributed by atoms with Crippen LogP contribution >= 0.6 is 0 Å². The van der Waals surface area contributed by atoms with Gasteiger partial charge in [-0.3, -0.25) is 4.90 Å². The lowest BCUT2D eigenvalue weighted by atomic mass is 9.86. The first-order valence-electron chi connectivity index (χ1n) is 8.97. The Labute approximate surface area is 149 Å². The maximum Gasteiger partial charge on any atom is 0.147 e. The van der Waals surface area contributed by atoms with Crippen molar-refractivity contribution in [3.05, 3.63) is 41.5 Å². The number of nitrogens with zero attached hydrogens (tertiary/aromatic N) is 4. The number of aryl methyl sites for hydroxylation is 1. The highest BCUT2D eigenvalue weighted by Crippen LogP contribution is 2.36. The van der Waals surface area contributed by atoms with Crippen molar-refractivity contribution in [1.82, 2.24) is 19.7 Å². The number of benzene rings is 1. The first kappa shape index (κ1) is 17.9. The van der Waals surface area contributed by atoms with E-state index >= 15 is 0 Å². The van der Waals surface area contributed by atoms with E-state index in [2.05, 4.69) is 26.6 Å². The Morgan fingerprint density at radius 2 is 2.00 bits per heavy atom. The average molecular weight is 344 g/mol. The van der Waals surface area contributed by atoms with Crippen molar-refractivity contribution in [2.75, 3.05) is 13.7 Å². The number of methoxy groups -OCH3 is 1. The summed E-state index contributed by atoms with van der Waals surface area (Å²) in [5.41, 5.74) is -0.00662. The highest BCUT2D eigenvalue weighted by molar-refractivity contribution is 5.31. The predicted molar refractivity (Wildman–Crippen MR) is 96.4 cm³/mol. The van der Waals surface area contributed by atoms with Crippen LogP contribution in [-0.4, -0.2) is 44.5 Å². The van der Waals surface area contributed by atoms with Crippen LogP contribution in [0.3, 0.4) is 0 Å². The summed E-state index contributed by atoms with van der Waals surface area (Å²) in [6.07, 6.45) is 2.05. The Balaban J connectivity index is 1.81. The molecule has 1 aromatic heterocycles. The lowest BCUT2D eigenvalue weighted by molar-refractivity contribution is -0.0264. The summed E-state index contributed by atoms with van der Waals surface area (Å²) in [5.74, 6) is 2.71. The van der Waals surface area contributed by atoms with E-state index in [0.717, 1.165) is 48.9 Å². The molecule has 0 radical (unpaired) electrons. The van der Waals surface area contributed by atoms with Crippen molar-refractivity contribution in [2.45, 2.75) is 58.3 Å². The molecule has 1 aliphatic rings. The molecule has 0 saturated carbocycles. The fourth-order valence-electron chi connectivity index (χ4n) is 3.91. The van der Waals surface area contributed by atoms with E-state index in [4.69, 9.17) is 4.74 Å². The van der Waals surface area contributed by atoms with Gasteiger partial charge in [0.05, 0.1) is 13.7 Å². The van der Waals surface area contributed by atoms with Gasteiger partial charge >= 0.3 is 0 Å². The molecule has 1 aromatic carbocycles. The SMILES string of the molecule is CCn1c(C)nnc1CN1CCC[C@@H]1[C@](C)(O)c1ccc(OC)cc1. The molecule has 1 saturated heterocycles. The summed E-state index contributed by atoms with van der Waals surface area (Å²) in [5, 5.41) is 19.8. The van der Waals surface area contributed by atoms with Gasteiger partial charge in [-0.2, -0.15) is 0 Å². The van der Waals surface area contributed by atoms with Gasteiger partial charge in [0.25, 0.3) is 0 Å². The van der Waals surface area contributed by atoms with Crippen LogP contribution in [0.1, 0.15) is 43.9 Å². The van der Waals surface area contributed by atoms with Gasteiger partial charge in [0.15, 0.2) is 0 Å². The maximum atomic E-state index is 11.3. The van der Waals surface area contributed by atoms with Crippen LogP contribution in [0.25, 0.3) is 0 Å². The molecule has 2 atom stereocenters. The summed E-state index contributed by atoms with van der Waals surface area (Å²) >= 11 is 0. The molecule has 0 amide bonds. The zero-order valence-corrected chi connectivity index (χ0v) is 15.6. The second-order valence-corrected chi connectivity index (χ2v) is 6.91. The molecule has 0 aliphatic carbocycles. The molecule has 1 fully saturated rings. The third kappa shape index (κ3) is 3.41. The van der Waals surface area contributed by atoms with E-state index in [1.807, 2.05) is 38.1 Å². The van der Waals surface area contributed by atoms with Gasteiger partial charge in [-0.05, 0) is 57.9 Å². The molecule has 3 rings (SSSR count). The lowest BCUT2D eigenvalue weighted by Gasteiger charge is -2.37. The molecule has 136 valence electrons. The molecular weight excluding hydrogens is 316 g/mol. The third-order valence-electron chi connectivity index (χ3n) is 5.36. The standard InChI is InChI=1S/C19H28N4O2/c1-5-23-14(2)20-21-18(23)13-22-12-6-7-17(22)19(3,24)15-8-10-16(25-4)11-9-15/h8-11,17,24H,5-7,12-13H2,1-4H3/t17-,19-/m1/s1. The van der Waals surface area contributed by atoms with E-state index in [1.54, 1.807) is 7.11 Å². The van der Waals surface area contributed by atoms with Gasteiger partial charge in [0, 0.05) is 12.6 Å². The highest BCUT2D eigenvalue weighted by atomic mass is 16.5. The quantitative estimate of drug-likeness (QED) is 0.872. The maximum absolute atomic E-state index is 11.3. The van der Waals surface area contributed by atoms with Gasteiger partial charge in [0.1, 0.15) is 23.0 Å². The minimum atomic E-state index is -0.922. The molecule has 0 spiro atoms. The number of ether oxygens (including phenoxy) is 1. The Morgan fingerprint density at radius 3 is 2.64 bits per heavy atom. The predicted octanol–water partition coefficient (Wildman–Crippen LogP) is 2.49. The van der Waals surface area contributed by atoms with Crippen LogP contribution in [0, 0.1) is 6.92 Å². The summed E-state index contributed by atoms with van der Waals surface area (Å²) < 4.78 is 7.36. The monoisotopic (exact) mass is 344 g/mol. The van der Waals surface area contributed by atoms with Crippen LogP contribution in [0.2, 0.25) is 0 Å². The minimum Gasteiger partial charge on any atom is -0.497 e. The lowest BCUT2D eigenvalue weighted by Crippen LogP contribution is -2.45. The normalized spacial score (nSPS) is 20.6. The number of likely N-dealkylation sites (tertiary alicyclic amines) is 1. The third-order valence-corrected chi connectivity index (χ3v) is 5.36. The first-order chi connectivity index (χ1) is 12.0. The minimum absolute atomic E-state index is 0.0585. The van der Waals surface area contributed by atoms with Crippen molar-refractivity contribution in [2.24, 2.45) is 0 Å². The van der Waals surface area contributed by atoms with E-state index < -0.39 is 5.60 Å². The molecule has 1 N–H and O–H groups in total. The highest BCUT2D eigenvalue weighted by Gasteiger charge is 2.40. The summed E-state index contributed by atoms with van der Waals surface area (Å²) in [6.45, 7) is 8.54. The molecule has 2 heterocycles. The van der Waals surface area contributed by atoms with Crippen molar-refractivity contribution in [3.8, 4) is 5.75 Å². The van der Waals surface area contributed by atoms with Crippen LogP contribution < -0.4 is 4.74 Å². The van der Waals surface area contributed by atoms with E-state index in [0.29, 0.717) is 6.54 Å². The van der Waals surface area contributed by atoms with E-state index in [-0.39, 0.29) is 6.04 Å². The van der Waals surface area contributed by atoms with Crippen molar-refractivity contribution >= 4 is 0 Å². The molecule has 25 heavy (non-hydrogen) atoms. The fraction of sp³-hybridized carbons (Fsp3) is 0.579. The van der Waals surface area contributed by atoms with Gasteiger partial charge in [-0.1, -0.05) is 12.1 Å². The van der Waals surface area contributed by atoms with Gasteiger partial charge in [-0.25, -0.2) is 0 Å². The Kier molecular flexibility index (Phi) is 5.11. The summed E-state index contributed by atoms with van der Waals surface area (Å²) in [6, 6.07) is 7.77. The molecule has 0 bridgehead atoms. The topological polar surface area (TPSA) is 63.4 Å². The molecular formula is C19H28N4O2. The number of hydrogen-bond acceptors (Lipinski definition) is 5. The van der Waals surface area contributed by atoms with E-state index in [1.165, 1.54) is 0 Å². The largest absolute Gasteiger partial charge is 0.497 e. The van der Waals surface area contributed by atoms with Crippen molar-refractivity contribution < 1.29 is 9.84 Å². The summed E-state index contributed by atoms with van der Waals surface area (Å²) in [7, 11) is 1.65. The molecule has 2 aromatic rings. The molecule has 1 aliphatic heterocycles. The van der Waals surface area contributed by atoms with Crippen LogP contribution in [-0.2, 0) is 18.7 Å². The van der Waals surface area contributed by atoms with Crippen molar-refractivity contribution in [1.29, 1.82) is 0 Å². The van der Waals surface area contributed by atoms with Gasteiger partial charge < -0.3 is 14.4 Å². The van der Waals surface area contributed by atoms with Gasteiger partial charge in [-0.15, -0.1) is 10.2 Å². The van der Waals surface area contributed by atoms with Crippen molar-refractivity contribution in [3.63, 3.8) is 0 Å². The number of aromatic nitrogens is 3. The average Bonchev–Trinajstić information content (AvgIpc) is 3.22. The first-order valence-corrected chi connectivity index (χ1v) is 8.97. The molecule has 6 heteroatoms. The molecule has 6 nitrogen and oxygen atoms in total. The Hall–Kier alpha value is -1.92. The second kappa shape index (κ2) is 7.14. The number of aliphatic hydroxyl groups is 1. The molecule has 0 unspecified atom stereocenters. The summed E-state index contributed by atoms with van der Waals surface area (Å²) in [4.78, 5) is 2.33. The number of rotatable bonds is 6. The Bertz CT molecular complexity index is 709. The smallest absolute Gasteiger partial charge is 0.147 e. The van der Waals surface area contributed by atoms with Crippen LogP contribution in [0.4, 0.5) is 0 Å². The van der Waals surface area contributed by atoms with Crippen LogP contribution in [0.5, 0.6) is 5.75 Å². The van der Waals surface area contributed by atoms with Crippen LogP contribution in [0.15, 0.2) is 24.3 Å². The zero-order valence-electron chi connectivity index (χ0n) is 15.6. The fourth-order valence-corrected chi connectivity index (χ4v) is 3.91. The second-order valence-electron chi connectivity index (χ2n) is 6.91. The zero-order chi connectivity index (χ0) is 18.0. The van der Waals surface area contributed by atoms with E-state index in [9.17, 15) is 5.11 Å². The Morgan fingerprint density at radius 1 is 1.28 bits per heavy atom. The van der Waals surface area contributed by atoms with Gasteiger partial charge in [0.2, 0.25) is 0 Å².